The van der Waals surface area contributed by atoms with Crippen LogP contribution in [0.2, 0.25) is 5.02 Å². The summed E-state index contributed by atoms with van der Waals surface area (Å²) >= 11 is 6.00. The molecule has 0 radical (unpaired) electrons. The van der Waals surface area contributed by atoms with Crippen LogP contribution in [0.25, 0.3) is 0 Å². The Morgan fingerprint density at radius 1 is 1.07 bits per heavy atom. The van der Waals surface area contributed by atoms with Gasteiger partial charge in [-0.2, -0.15) is 0 Å². The molecule has 1 N–H and O–H groups in total. The summed E-state index contributed by atoms with van der Waals surface area (Å²) in [4.78, 5) is 17.0. The van der Waals surface area contributed by atoms with E-state index < -0.39 is 17.5 Å². The minimum Gasteiger partial charge on any atom is -0.350 e. The molecule has 144 valence electrons. The van der Waals surface area contributed by atoms with E-state index in [1.165, 1.54) is 6.07 Å². The summed E-state index contributed by atoms with van der Waals surface area (Å²) < 4.78 is 26.5. The lowest BCUT2D eigenvalue weighted by molar-refractivity contribution is 0.0886. The zero-order valence-electron chi connectivity index (χ0n) is 15.1. The van der Waals surface area contributed by atoms with E-state index >= 15 is 0 Å². The number of nitrogens with zero attached hydrogens (tertiary/aromatic N) is 2. The lowest BCUT2D eigenvalue weighted by atomic mass is 10.0. The molecule has 4 nitrogen and oxygen atoms in total. The number of nitrogens with one attached hydrogen (secondary N) is 1. The zero-order chi connectivity index (χ0) is 19.4. The first-order chi connectivity index (χ1) is 12.9. The molecular weight excluding hydrogens is 372 g/mol. The second kappa shape index (κ2) is 8.78. The molecule has 1 heterocycles. The molecule has 1 aliphatic heterocycles. The van der Waals surface area contributed by atoms with E-state index in [1.807, 2.05) is 24.3 Å². The number of piperazine rings is 1. The maximum absolute atomic E-state index is 13.4. The number of amides is 1. The predicted octanol–water partition coefficient (Wildman–Crippen LogP) is 3.34. The van der Waals surface area contributed by atoms with Gasteiger partial charge in [-0.3, -0.25) is 9.69 Å². The molecule has 1 aliphatic rings. The van der Waals surface area contributed by atoms with Crippen LogP contribution in [0.3, 0.4) is 0 Å². The molecule has 1 saturated heterocycles. The quantitative estimate of drug-likeness (QED) is 0.846. The smallest absolute Gasteiger partial charge is 0.251 e. The number of likely N-dealkylation sites (N-methyl/N-ethyl adjacent to an activating group) is 1. The van der Waals surface area contributed by atoms with Crippen LogP contribution in [-0.2, 0) is 0 Å². The number of carbonyl (C=O) groups excluding carboxylic acids is 1. The van der Waals surface area contributed by atoms with Gasteiger partial charge in [-0.1, -0.05) is 23.7 Å². The number of benzene rings is 2. The fourth-order valence-electron chi connectivity index (χ4n) is 3.21. The average molecular weight is 394 g/mol. The van der Waals surface area contributed by atoms with Gasteiger partial charge >= 0.3 is 0 Å². The first-order valence-corrected chi connectivity index (χ1v) is 9.23. The van der Waals surface area contributed by atoms with Crippen molar-refractivity contribution in [3.05, 3.63) is 70.2 Å². The molecule has 2 aromatic rings. The van der Waals surface area contributed by atoms with Crippen molar-refractivity contribution < 1.29 is 13.6 Å². The third-order valence-corrected chi connectivity index (χ3v) is 5.12. The summed E-state index contributed by atoms with van der Waals surface area (Å²) in [5.41, 5.74) is 1.15. The van der Waals surface area contributed by atoms with Gasteiger partial charge in [0.2, 0.25) is 0 Å². The van der Waals surface area contributed by atoms with Gasteiger partial charge in [-0.15, -0.1) is 0 Å². The van der Waals surface area contributed by atoms with E-state index in [0.29, 0.717) is 11.6 Å². The second-order valence-electron chi connectivity index (χ2n) is 6.75. The van der Waals surface area contributed by atoms with Crippen LogP contribution in [0, 0.1) is 11.6 Å². The van der Waals surface area contributed by atoms with E-state index in [9.17, 15) is 13.6 Å². The minimum atomic E-state index is -1.03. The molecule has 7 heteroatoms. The average Bonchev–Trinajstić information content (AvgIpc) is 2.66. The highest BCUT2D eigenvalue weighted by atomic mass is 35.5. The van der Waals surface area contributed by atoms with E-state index in [1.54, 1.807) is 0 Å². The van der Waals surface area contributed by atoms with Crippen LogP contribution in [-0.4, -0.2) is 55.5 Å². The Hall–Kier alpha value is -2.02. The predicted molar refractivity (Wildman–Crippen MR) is 102 cm³/mol. The van der Waals surface area contributed by atoms with Gasteiger partial charge in [0.25, 0.3) is 5.91 Å². The highest BCUT2D eigenvalue weighted by molar-refractivity contribution is 6.30. The van der Waals surface area contributed by atoms with Crippen molar-refractivity contribution in [2.75, 3.05) is 39.8 Å². The molecule has 1 fully saturated rings. The monoisotopic (exact) mass is 393 g/mol. The topological polar surface area (TPSA) is 35.6 Å². The summed E-state index contributed by atoms with van der Waals surface area (Å²) in [6.07, 6.45) is 0. The summed E-state index contributed by atoms with van der Waals surface area (Å²) in [5.74, 6) is -2.43. The van der Waals surface area contributed by atoms with Crippen molar-refractivity contribution in [3.63, 3.8) is 0 Å². The summed E-state index contributed by atoms with van der Waals surface area (Å²) in [7, 11) is 2.08. The number of rotatable bonds is 5. The first-order valence-electron chi connectivity index (χ1n) is 8.85. The number of hydrogen-bond acceptors (Lipinski definition) is 3. The maximum Gasteiger partial charge on any atom is 0.251 e. The van der Waals surface area contributed by atoms with Crippen LogP contribution >= 0.6 is 11.6 Å². The first kappa shape index (κ1) is 19.7. The van der Waals surface area contributed by atoms with E-state index in [-0.39, 0.29) is 11.6 Å². The molecule has 1 unspecified atom stereocenters. The lowest BCUT2D eigenvalue weighted by Crippen LogP contribution is -2.48. The SMILES string of the molecule is CN1CCN(C(CNC(=O)c2ccc(F)c(F)c2)c2ccc(Cl)cc2)CC1. The second-order valence-corrected chi connectivity index (χ2v) is 7.18. The Morgan fingerprint density at radius 2 is 1.74 bits per heavy atom. The molecule has 0 aliphatic carbocycles. The maximum atomic E-state index is 13.4. The van der Waals surface area contributed by atoms with Crippen molar-refractivity contribution in [1.29, 1.82) is 0 Å². The lowest BCUT2D eigenvalue weighted by Gasteiger charge is -2.38. The molecule has 27 heavy (non-hydrogen) atoms. The largest absolute Gasteiger partial charge is 0.350 e. The molecule has 1 amide bonds. The van der Waals surface area contributed by atoms with Crippen LogP contribution in [0.1, 0.15) is 22.0 Å². The van der Waals surface area contributed by atoms with Crippen molar-refractivity contribution >= 4 is 17.5 Å². The summed E-state index contributed by atoms with van der Waals surface area (Å²) in [5, 5.41) is 3.51. The number of carbonyl (C=O) groups is 1. The highest BCUT2D eigenvalue weighted by Gasteiger charge is 2.24. The van der Waals surface area contributed by atoms with Crippen molar-refractivity contribution in [3.8, 4) is 0 Å². The summed E-state index contributed by atoms with van der Waals surface area (Å²) in [6.45, 7) is 4.02. The van der Waals surface area contributed by atoms with Gasteiger partial charge in [0.1, 0.15) is 0 Å². The molecule has 2 aromatic carbocycles. The zero-order valence-corrected chi connectivity index (χ0v) is 15.8. The fraction of sp³-hybridized carbons (Fsp3) is 0.350. The van der Waals surface area contributed by atoms with Crippen molar-refractivity contribution in [1.82, 2.24) is 15.1 Å². The Bertz CT molecular complexity index is 792. The fourth-order valence-corrected chi connectivity index (χ4v) is 3.33. The summed E-state index contributed by atoms with van der Waals surface area (Å²) in [6, 6.07) is 10.7. The van der Waals surface area contributed by atoms with Gasteiger partial charge in [-0.25, -0.2) is 8.78 Å². The Morgan fingerprint density at radius 3 is 2.37 bits per heavy atom. The van der Waals surface area contributed by atoms with Crippen LogP contribution in [0.5, 0.6) is 0 Å². The van der Waals surface area contributed by atoms with Gasteiger partial charge in [0.15, 0.2) is 11.6 Å². The van der Waals surface area contributed by atoms with Gasteiger partial charge in [0.05, 0.1) is 6.04 Å². The Labute approximate surface area is 162 Å². The number of hydrogen-bond donors (Lipinski definition) is 1. The molecule has 3 rings (SSSR count). The normalized spacial score (nSPS) is 16.9. The van der Waals surface area contributed by atoms with Crippen LogP contribution < -0.4 is 5.32 Å². The molecule has 0 aromatic heterocycles. The highest BCUT2D eigenvalue weighted by Crippen LogP contribution is 2.23. The van der Waals surface area contributed by atoms with Crippen LogP contribution in [0.4, 0.5) is 8.78 Å². The third kappa shape index (κ3) is 5.03. The standard InChI is InChI=1S/C20H22ClF2N3O/c1-25-8-10-26(11-9-25)19(14-2-5-16(21)6-3-14)13-24-20(27)15-4-7-17(22)18(23)12-15/h2-7,12,19H,8-11,13H2,1H3,(H,24,27). The van der Waals surface area contributed by atoms with Gasteiger partial charge < -0.3 is 10.2 Å². The molecule has 1 atom stereocenters. The van der Waals surface area contributed by atoms with Gasteiger partial charge in [0, 0.05) is 43.3 Å². The van der Waals surface area contributed by atoms with Crippen molar-refractivity contribution in [2.24, 2.45) is 0 Å². The molecule has 0 saturated carbocycles. The Kier molecular flexibility index (Phi) is 6.42. The van der Waals surface area contributed by atoms with Crippen molar-refractivity contribution in [2.45, 2.75) is 6.04 Å². The molecule has 0 spiro atoms. The van der Waals surface area contributed by atoms with Gasteiger partial charge in [-0.05, 0) is 42.9 Å². The molecular formula is C20H22ClF2N3O. The minimum absolute atomic E-state index is 0.0230. The van der Waals surface area contributed by atoms with Crippen LogP contribution in [0.15, 0.2) is 42.5 Å². The molecule has 0 bridgehead atoms. The van der Waals surface area contributed by atoms with E-state index in [4.69, 9.17) is 11.6 Å². The number of halogens is 3. The Balaban J connectivity index is 1.73. The third-order valence-electron chi connectivity index (χ3n) is 4.87. The van der Waals surface area contributed by atoms with E-state index in [2.05, 4.69) is 22.2 Å². The van der Waals surface area contributed by atoms with E-state index in [0.717, 1.165) is 43.9 Å².